The molecule has 1 aromatic carbocycles. The highest BCUT2D eigenvalue weighted by Crippen LogP contribution is 2.44. The molecule has 1 N–H and O–H groups in total. The number of nitrogens with zero attached hydrogens (tertiary/aromatic N) is 2. The number of carbonyl (C=O) groups is 2. The molecule has 1 aliphatic heterocycles. The third-order valence-electron chi connectivity index (χ3n) is 5.89. The highest BCUT2D eigenvalue weighted by Gasteiger charge is 2.43. The maximum absolute atomic E-state index is 15.4. The Morgan fingerprint density at radius 2 is 2.00 bits per heavy atom. The Balaban J connectivity index is 0.00000361. The van der Waals surface area contributed by atoms with Gasteiger partial charge in [-0.3, -0.25) is 14.6 Å². The van der Waals surface area contributed by atoms with Crippen molar-refractivity contribution >= 4 is 52.8 Å². The van der Waals surface area contributed by atoms with E-state index >= 15 is 8.78 Å². The van der Waals surface area contributed by atoms with Crippen molar-refractivity contribution in [1.82, 2.24) is 10.3 Å². The molecule has 2 heterocycles. The van der Waals surface area contributed by atoms with Gasteiger partial charge in [0.1, 0.15) is 5.94 Å². The molecule has 2 amide bonds. The van der Waals surface area contributed by atoms with Gasteiger partial charge < -0.3 is 5.32 Å². The molecule has 0 radical (unpaired) electrons. The number of allylic oxidation sites excluding steroid dienone is 5. The Labute approximate surface area is 217 Å². The van der Waals surface area contributed by atoms with Gasteiger partial charge in [-0.1, -0.05) is 30.4 Å². The summed E-state index contributed by atoms with van der Waals surface area (Å²) in [6, 6.07) is 8.21. The molecule has 0 bridgehead atoms. The fourth-order valence-corrected chi connectivity index (χ4v) is 4.95. The van der Waals surface area contributed by atoms with E-state index in [0.717, 1.165) is 11.6 Å². The number of hydrazine groups is 1. The molecule has 0 saturated heterocycles. The molecule has 188 valence electrons. The minimum Gasteiger partial charge on any atom is -0.356 e. The average molecular weight is 532 g/mol. The van der Waals surface area contributed by atoms with Crippen LogP contribution in [0.3, 0.4) is 0 Å². The summed E-state index contributed by atoms with van der Waals surface area (Å²) in [5.74, 6) is -2.53. The Hall–Kier alpha value is -3.52. The number of anilines is 1. The van der Waals surface area contributed by atoms with E-state index in [-0.39, 0.29) is 42.2 Å². The lowest BCUT2D eigenvalue weighted by Gasteiger charge is -2.38. The van der Waals surface area contributed by atoms with Crippen LogP contribution in [0, 0.1) is 6.92 Å². The molecule has 0 saturated carbocycles. The largest absolute Gasteiger partial charge is 0.356 e. The van der Waals surface area contributed by atoms with Crippen LogP contribution < -0.4 is 10.3 Å². The van der Waals surface area contributed by atoms with E-state index in [4.69, 9.17) is 0 Å². The number of likely N-dealkylation sites (N-methyl/N-ethyl adjacent to an activating group) is 1. The van der Waals surface area contributed by atoms with E-state index < -0.39 is 29.7 Å². The smallest absolute Gasteiger partial charge is 0.287 e. The Kier molecular flexibility index (Phi) is 8.30. The average Bonchev–Trinajstić information content (AvgIpc) is 3.26. The predicted octanol–water partition coefficient (Wildman–Crippen LogP) is 5.11. The maximum Gasteiger partial charge on any atom is 0.287 e. The number of hydrogen-bond acceptors (Lipinski definition) is 5. The highest BCUT2D eigenvalue weighted by molar-refractivity contribution is 7.12. The van der Waals surface area contributed by atoms with Gasteiger partial charge in [-0.25, -0.2) is 18.6 Å². The van der Waals surface area contributed by atoms with E-state index in [1.807, 2.05) is 5.94 Å². The maximum atomic E-state index is 15.4. The van der Waals surface area contributed by atoms with Crippen molar-refractivity contribution in [2.24, 2.45) is 0 Å². The lowest BCUT2D eigenvalue weighted by atomic mass is 9.97. The summed E-state index contributed by atoms with van der Waals surface area (Å²) < 4.78 is 30.8. The van der Waals surface area contributed by atoms with Crippen molar-refractivity contribution in [1.29, 1.82) is 0 Å². The Bertz CT molecular complexity index is 1330. The second kappa shape index (κ2) is 11.0. The highest BCUT2D eigenvalue weighted by atomic mass is 35.5. The van der Waals surface area contributed by atoms with Crippen LogP contribution in [-0.4, -0.2) is 42.3 Å². The number of thiophene rings is 1. The van der Waals surface area contributed by atoms with Crippen molar-refractivity contribution in [2.75, 3.05) is 18.6 Å². The molecule has 6 nitrogen and oxygen atoms in total. The van der Waals surface area contributed by atoms with Gasteiger partial charge in [0.25, 0.3) is 11.8 Å². The van der Waals surface area contributed by atoms with Crippen molar-refractivity contribution in [3.8, 4) is 0 Å². The van der Waals surface area contributed by atoms with E-state index in [1.54, 1.807) is 54.8 Å². The Morgan fingerprint density at radius 3 is 2.67 bits per heavy atom. The number of aryl methyl sites for hydroxylation is 1. The molecule has 1 aromatic heterocycles. The van der Waals surface area contributed by atoms with Gasteiger partial charge in [0.05, 0.1) is 21.8 Å². The number of nitrogens with one attached hydrogen (secondary N) is 1. The SMILES string of the molecule is CNC(=O)C=C1c2ccccc2N(N(C(=O)c2sccc2C)C2=CC=CCC2=C=O)CCC1(F)F.Cl. The third kappa shape index (κ3) is 5.04. The van der Waals surface area contributed by atoms with Crippen molar-refractivity contribution < 1.29 is 23.2 Å². The summed E-state index contributed by atoms with van der Waals surface area (Å²) in [5.41, 5.74) is 1.27. The fourth-order valence-electron chi connectivity index (χ4n) is 4.10. The molecule has 0 unspecified atom stereocenters. The predicted molar refractivity (Wildman–Crippen MR) is 139 cm³/mol. The zero-order chi connectivity index (χ0) is 25.2. The first-order valence-electron chi connectivity index (χ1n) is 11.0. The topological polar surface area (TPSA) is 69.7 Å². The minimum atomic E-state index is -3.34. The van der Waals surface area contributed by atoms with Crippen molar-refractivity contribution in [3.63, 3.8) is 0 Å². The van der Waals surface area contributed by atoms with Crippen LogP contribution in [0.15, 0.2) is 71.3 Å². The lowest BCUT2D eigenvalue weighted by Crippen LogP contribution is -2.47. The van der Waals surface area contributed by atoms with Crippen molar-refractivity contribution in [2.45, 2.75) is 25.7 Å². The number of rotatable bonds is 4. The quantitative estimate of drug-likeness (QED) is 0.439. The zero-order valence-electron chi connectivity index (χ0n) is 19.6. The number of benzene rings is 1. The van der Waals surface area contributed by atoms with Gasteiger partial charge in [0.15, 0.2) is 0 Å². The summed E-state index contributed by atoms with van der Waals surface area (Å²) in [6.07, 6.45) is 5.59. The van der Waals surface area contributed by atoms with Crippen molar-refractivity contribution in [3.05, 3.63) is 87.3 Å². The number of amides is 2. The van der Waals surface area contributed by atoms with Crippen LogP contribution in [0.2, 0.25) is 0 Å². The molecule has 0 fully saturated rings. The second-order valence-corrected chi connectivity index (χ2v) is 9.00. The minimum absolute atomic E-state index is 0. The summed E-state index contributed by atoms with van der Waals surface area (Å²) in [6.45, 7) is 1.56. The summed E-state index contributed by atoms with van der Waals surface area (Å²) in [7, 11) is 1.37. The Morgan fingerprint density at radius 1 is 1.25 bits per heavy atom. The van der Waals surface area contributed by atoms with Crippen LogP contribution in [0.25, 0.3) is 5.57 Å². The van der Waals surface area contributed by atoms with Crippen LogP contribution in [0.5, 0.6) is 0 Å². The lowest BCUT2D eigenvalue weighted by molar-refractivity contribution is -0.116. The summed E-state index contributed by atoms with van der Waals surface area (Å²) in [4.78, 5) is 38.2. The molecular weight excluding hydrogens is 508 g/mol. The fraction of sp³-hybridized carbons (Fsp3) is 0.231. The zero-order valence-corrected chi connectivity index (χ0v) is 21.2. The van der Waals surface area contributed by atoms with Crippen LogP contribution >= 0.6 is 23.7 Å². The van der Waals surface area contributed by atoms with Crippen LogP contribution in [-0.2, 0) is 9.59 Å². The van der Waals surface area contributed by atoms with Gasteiger partial charge in [0, 0.05) is 43.6 Å². The first-order chi connectivity index (χ1) is 16.8. The van der Waals surface area contributed by atoms with Crippen LogP contribution in [0.1, 0.15) is 33.6 Å². The monoisotopic (exact) mass is 531 g/mol. The normalized spacial score (nSPS) is 17.3. The first-order valence-corrected chi connectivity index (χ1v) is 11.8. The van der Waals surface area contributed by atoms with Gasteiger partial charge in [-0.15, -0.1) is 23.7 Å². The summed E-state index contributed by atoms with van der Waals surface area (Å²) in [5, 5.41) is 6.90. The van der Waals surface area contributed by atoms with E-state index in [9.17, 15) is 14.4 Å². The van der Waals surface area contributed by atoms with Gasteiger partial charge in [-0.2, -0.15) is 0 Å². The molecule has 0 spiro atoms. The molecular formula is C26H24ClF2N3O3S. The molecule has 10 heteroatoms. The number of hydrogen-bond donors (Lipinski definition) is 1. The number of carbonyl (C=O) groups excluding carboxylic acids is 3. The first kappa shape index (κ1) is 27.1. The van der Waals surface area contributed by atoms with E-state index in [2.05, 4.69) is 5.32 Å². The van der Waals surface area contributed by atoms with Gasteiger partial charge in [0.2, 0.25) is 5.91 Å². The number of fused-ring (bicyclic) bond motifs is 1. The third-order valence-corrected chi connectivity index (χ3v) is 6.89. The molecule has 2 aliphatic rings. The molecule has 2 aromatic rings. The number of alkyl halides is 2. The number of halogens is 3. The van der Waals surface area contributed by atoms with E-state index in [0.29, 0.717) is 10.6 Å². The summed E-state index contributed by atoms with van der Waals surface area (Å²) >= 11 is 1.24. The second-order valence-electron chi connectivity index (χ2n) is 8.08. The van der Waals surface area contributed by atoms with Gasteiger partial charge >= 0.3 is 0 Å². The van der Waals surface area contributed by atoms with Crippen LogP contribution in [0.4, 0.5) is 14.5 Å². The molecule has 0 atom stereocenters. The molecule has 4 rings (SSSR count). The van der Waals surface area contributed by atoms with E-state index in [1.165, 1.54) is 34.5 Å². The number of para-hydroxylation sites is 1. The molecule has 1 aliphatic carbocycles. The van der Waals surface area contributed by atoms with Gasteiger partial charge in [-0.05, 0) is 36.1 Å². The standard InChI is InChI=1S/C26H23F2N3O3S.ClH/c1-17-11-14-35-24(17)25(34)31(21-9-5-3-7-18(21)16-32)30-13-12-26(27,28)20(15-23(33)29-2)19-8-4-6-10-22(19)30;/h3-6,8-11,14-15H,7,12-13H2,1-2H3,(H,29,33);1H. The molecule has 36 heavy (non-hydrogen) atoms.